The van der Waals surface area contributed by atoms with E-state index in [-0.39, 0.29) is 5.91 Å². The third kappa shape index (κ3) is 3.34. The number of aromatic nitrogens is 3. The molecule has 0 fully saturated rings. The van der Waals surface area contributed by atoms with Crippen LogP contribution in [0.4, 0.5) is 5.13 Å². The minimum absolute atomic E-state index is 0.247. The lowest BCUT2D eigenvalue weighted by Crippen LogP contribution is -2.15. The quantitative estimate of drug-likeness (QED) is 0.512. The molecule has 0 unspecified atom stereocenters. The fourth-order valence-electron chi connectivity index (χ4n) is 2.93. The average Bonchev–Trinajstić information content (AvgIpc) is 3.20. The molecule has 1 aromatic carbocycles. The topological polar surface area (TPSA) is 59.3 Å². The molecule has 5 nitrogen and oxygen atoms in total. The lowest BCUT2D eigenvalue weighted by atomic mass is 10.1. The first-order valence-electron chi connectivity index (χ1n) is 8.41. The predicted molar refractivity (Wildman–Crippen MR) is 110 cm³/mol. The monoisotopic (exact) mass is 396 g/mol. The van der Waals surface area contributed by atoms with Crippen LogP contribution in [0.15, 0.2) is 41.9 Å². The maximum Gasteiger partial charge on any atom is 0.276 e. The number of anilines is 1. The van der Waals surface area contributed by atoms with E-state index in [4.69, 9.17) is 11.6 Å². The molecule has 0 atom stereocenters. The fraction of sp³-hybridized carbons (Fsp3) is 0.150. The number of aryl methyl sites for hydroxylation is 3. The van der Waals surface area contributed by atoms with Gasteiger partial charge in [0.25, 0.3) is 5.91 Å². The summed E-state index contributed by atoms with van der Waals surface area (Å²) in [5.74, 6) is -0.247. The number of nitrogens with zero attached hydrogens (tertiary/aromatic N) is 3. The Kier molecular flexibility index (Phi) is 4.45. The molecule has 0 spiro atoms. The van der Waals surface area contributed by atoms with Crippen LogP contribution >= 0.6 is 22.9 Å². The van der Waals surface area contributed by atoms with Gasteiger partial charge in [0.05, 0.1) is 11.4 Å². The number of nitrogens with one attached hydrogen (secondary N) is 1. The maximum absolute atomic E-state index is 12.8. The van der Waals surface area contributed by atoms with Gasteiger partial charge in [0.2, 0.25) is 0 Å². The molecule has 0 radical (unpaired) electrons. The second kappa shape index (κ2) is 6.79. The number of carbonyl (C=O) groups excluding carboxylic acids is 1. The number of carbonyl (C=O) groups is 1. The van der Waals surface area contributed by atoms with Crippen LogP contribution in [0.2, 0.25) is 5.02 Å². The van der Waals surface area contributed by atoms with Gasteiger partial charge in [0.15, 0.2) is 5.13 Å². The summed E-state index contributed by atoms with van der Waals surface area (Å²) < 4.78 is 1.73. The fourth-order valence-corrected chi connectivity index (χ4v) is 3.80. The molecule has 0 aliphatic carbocycles. The van der Waals surface area contributed by atoms with E-state index in [1.807, 2.05) is 11.4 Å². The number of fused-ring (bicyclic) bond motifs is 1. The summed E-state index contributed by atoms with van der Waals surface area (Å²) in [5, 5.41) is 5.96. The summed E-state index contributed by atoms with van der Waals surface area (Å²) in [6.07, 6.45) is 1.74. The van der Waals surface area contributed by atoms with E-state index in [2.05, 4.69) is 41.3 Å². The Morgan fingerprint density at radius 3 is 2.70 bits per heavy atom. The van der Waals surface area contributed by atoms with Crippen molar-refractivity contribution in [3.05, 3.63) is 69.4 Å². The molecule has 3 aromatic heterocycles. The molecule has 3 heterocycles. The lowest BCUT2D eigenvalue weighted by Gasteiger charge is -2.04. The van der Waals surface area contributed by atoms with Gasteiger partial charge in [-0.2, -0.15) is 0 Å². The Morgan fingerprint density at radius 2 is 1.93 bits per heavy atom. The van der Waals surface area contributed by atoms with E-state index >= 15 is 0 Å². The zero-order valence-corrected chi connectivity index (χ0v) is 16.6. The number of hydrogen-bond donors (Lipinski definition) is 1. The molecular weight excluding hydrogens is 380 g/mol. The number of thiazole rings is 1. The van der Waals surface area contributed by atoms with E-state index in [0.717, 1.165) is 11.3 Å². The predicted octanol–water partition coefficient (Wildman–Crippen LogP) is 5.29. The van der Waals surface area contributed by atoms with Crippen LogP contribution in [0.25, 0.3) is 16.9 Å². The SMILES string of the molecule is Cc1ccc(-c2csc(NC(=O)c3c(C)nc4cc(Cl)ccn34)n2)cc1C. The Morgan fingerprint density at radius 1 is 1.11 bits per heavy atom. The molecule has 4 aromatic rings. The van der Waals surface area contributed by atoms with Crippen LogP contribution in [0.3, 0.4) is 0 Å². The highest BCUT2D eigenvalue weighted by atomic mass is 35.5. The van der Waals surface area contributed by atoms with Gasteiger partial charge in [-0.3, -0.25) is 14.5 Å². The first kappa shape index (κ1) is 17.7. The van der Waals surface area contributed by atoms with Gasteiger partial charge in [0, 0.05) is 28.2 Å². The van der Waals surface area contributed by atoms with Gasteiger partial charge >= 0.3 is 0 Å². The Hall–Kier alpha value is -2.70. The normalized spacial score (nSPS) is 11.1. The number of imidazole rings is 1. The third-order valence-corrected chi connectivity index (χ3v) is 5.50. The number of hydrogen-bond acceptors (Lipinski definition) is 4. The molecule has 0 saturated heterocycles. The molecule has 0 bridgehead atoms. The molecule has 27 heavy (non-hydrogen) atoms. The van der Waals surface area contributed by atoms with Gasteiger partial charge in [-0.15, -0.1) is 11.3 Å². The number of pyridine rings is 1. The van der Waals surface area contributed by atoms with E-state index in [0.29, 0.717) is 27.2 Å². The van der Waals surface area contributed by atoms with E-state index < -0.39 is 0 Å². The van der Waals surface area contributed by atoms with Crippen molar-refractivity contribution in [3.63, 3.8) is 0 Å². The van der Waals surface area contributed by atoms with Crippen LogP contribution < -0.4 is 5.32 Å². The highest BCUT2D eigenvalue weighted by Gasteiger charge is 2.18. The van der Waals surface area contributed by atoms with Crippen molar-refractivity contribution >= 4 is 39.6 Å². The lowest BCUT2D eigenvalue weighted by molar-refractivity contribution is 0.102. The first-order valence-corrected chi connectivity index (χ1v) is 9.67. The van der Waals surface area contributed by atoms with Crippen molar-refractivity contribution in [2.24, 2.45) is 0 Å². The standard InChI is InChI=1S/C20H17ClN4OS/c1-11-4-5-14(8-12(11)2)16-10-27-20(23-16)24-19(26)18-13(3)22-17-9-15(21)6-7-25(17)18/h4-10H,1-3H3,(H,23,24,26). The molecule has 7 heteroatoms. The molecular formula is C20H17ClN4OS. The molecule has 1 amide bonds. The molecule has 0 aliphatic rings. The second-order valence-electron chi connectivity index (χ2n) is 6.41. The smallest absolute Gasteiger partial charge is 0.276 e. The third-order valence-electron chi connectivity index (χ3n) is 4.50. The Labute approximate surface area is 165 Å². The Bertz CT molecular complexity index is 1180. The molecule has 0 aliphatic heterocycles. The van der Waals surface area contributed by atoms with Crippen molar-refractivity contribution in [2.75, 3.05) is 5.32 Å². The Balaban J connectivity index is 1.62. The number of halogens is 1. The van der Waals surface area contributed by atoms with E-state index in [1.54, 1.807) is 29.7 Å². The zero-order chi connectivity index (χ0) is 19.1. The summed E-state index contributed by atoms with van der Waals surface area (Å²) in [6.45, 7) is 5.96. The van der Waals surface area contributed by atoms with Crippen molar-refractivity contribution in [1.82, 2.24) is 14.4 Å². The minimum atomic E-state index is -0.247. The molecule has 1 N–H and O–H groups in total. The number of rotatable bonds is 3. The van der Waals surface area contributed by atoms with Crippen LogP contribution in [-0.2, 0) is 0 Å². The average molecular weight is 397 g/mol. The van der Waals surface area contributed by atoms with Crippen LogP contribution in [0.5, 0.6) is 0 Å². The van der Waals surface area contributed by atoms with Crippen molar-refractivity contribution in [3.8, 4) is 11.3 Å². The summed E-state index contributed by atoms with van der Waals surface area (Å²) >= 11 is 7.41. The van der Waals surface area contributed by atoms with E-state index in [9.17, 15) is 4.79 Å². The van der Waals surface area contributed by atoms with Gasteiger partial charge < -0.3 is 0 Å². The van der Waals surface area contributed by atoms with Crippen molar-refractivity contribution in [1.29, 1.82) is 0 Å². The van der Waals surface area contributed by atoms with E-state index in [1.165, 1.54) is 22.5 Å². The van der Waals surface area contributed by atoms with Crippen LogP contribution in [0, 0.1) is 20.8 Å². The maximum atomic E-state index is 12.8. The molecule has 4 rings (SSSR count). The molecule has 0 saturated carbocycles. The summed E-state index contributed by atoms with van der Waals surface area (Å²) in [5.41, 5.74) is 6.10. The van der Waals surface area contributed by atoms with Gasteiger partial charge in [-0.1, -0.05) is 23.7 Å². The molecule has 136 valence electrons. The van der Waals surface area contributed by atoms with Crippen LogP contribution in [-0.4, -0.2) is 20.3 Å². The summed E-state index contributed by atoms with van der Waals surface area (Å²) in [4.78, 5) is 21.8. The summed E-state index contributed by atoms with van der Waals surface area (Å²) in [7, 11) is 0. The second-order valence-corrected chi connectivity index (χ2v) is 7.70. The first-order chi connectivity index (χ1) is 12.9. The van der Waals surface area contributed by atoms with Gasteiger partial charge in [-0.05, 0) is 44.0 Å². The van der Waals surface area contributed by atoms with Crippen LogP contribution in [0.1, 0.15) is 27.3 Å². The highest BCUT2D eigenvalue weighted by molar-refractivity contribution is 7.14. The minimum Gasteiger partial charge on any atom is -0.296 e. The van der Waals surface area contributed by atoms with Crippen molar-refractivity contribution in [2.45, 2.75) is 20.8 Å². The number of benzene rings is 1. The van der Waals surface area contributed by atoms with Gasteiger partial charge in [0.1, 0.15) is 11.3 Å². The number of amides is 1. The largest absolute Gasteiger partial charge is 0.296 e. The summed E-state index contributed by atoms with van der Waals surface area (Å²) in [6, 6.07) is 9.69. The van der Waals surface area contributed by atoms with Gasteiger partial charge in [-0.25, -0.2) is 9.97 Å². The highest BCUT2D eigenvalue weighted by Crippen LogP contribution is 2.27. The zero-order valence-electron chi connectivity index (χ0n) is 15.1. The van der Waals surface area contributed by atoms with Crippen molar-refractivity contribution < 1.29 is 4.79 Å².